The van der Waals surface area contributed by atoms with Gasteiger partial charge in [0.2, 0.25) is 5.88 Å². The molecule has 2 aromatic rings. The molecule has 1 heterocycles. The van der Waals surface area contributed by atoms with Gasteiger partial charge in [-0.25, -0.2) is 4.98 Å². The Bertz CT molecular complexity index is 733. The van der Waals surface area contributed by atoms with Crippen molar-refractivity contribution in [3.8, 4) is 11.6 Å². The van der Waals surface area contributed by atoms with E-state index in [0.29, 0.717) is 5.56 Å². The number of ether oxygens (including phenoxy) is 1. The Morgan fingerprint density at radius 3 is 2.76 bits per heavy atom. The Labute approximate surface area is 125 Å². The molecule has 0 spiro atoms. The van der Waals surface area contributed by atoms with Gasteiger partial charge in [-0.1, -0.05) is 11.6 Å². The van der Waals surface area contributed by atoms with E-state index in [0.717, 1.165) is 5.56 Å². The van der Waals surface area contributed by atoms with Gasteiger partial charge in [-0.2, -0.15) is 0 Å². The van der Waals surface area contributed by atoms with Crippen molar-refractivity contribution in [2.24, 2.45) is 5.73 Å². The molecule has 0 aliphatic rings. The van der Waals surface area contributed by atoms with Gasteiger partial charge in [-0.15, -0.1) is 0 Å². The first kappa shape index (κ1) is 14.7. The minimum absolute atomic E-state index is 0.0713. The molecule has 1 aromatic heterocycles. The third-order valence-electron chi connectivity index (χ3n) is 2.73. The standard InChI is InChI=1S/C13H11ClN4O3/c1-7-4-5-17-13(11(7)12(15)16)21-10-3-2-8(18(19)20)6-9(10)14/h2-6H,1H3,(H3,15,16). The van der Waals surface area contributed by atoms with Crippen LogP contribution in [0, 0.1) is 22.4 Å². The number of hydrogen-bond donors (Lipinski definition) is 2. The smallest absolute Gasteiger partial charge is 0.271 e. The Morgan fingerprint density at radius 2 is 2.19 bits per heavy atom. The van der Waals surface area contributed by atoms with Crippen molar-refractivity contribution in [1.29, 1.82) is 5.41 Å². The molecule has 0 radical (unpaired) electrons. The first-order valence-electron chi connectivity index (χ1n) is 5.82. The van der Waals surface area contributed by atoms with E-state index in [-0.39, 0.29) is 28.2 Å². The molecule has 0 unspecified atom stereocenters. The number of hydrogen-bond acceptors (Lipinski definition) is 5. The molecule has 3 N–H and O–H groups in total. The quantitative estimate of drug-likeness (QED) is 0.390. The number of nitrogens with zero attached hydrogens (tertiary/aromatic N) is 2. The second kappa shape index (κ2) is 5.76. The van der Waals surface area contributed by atoms with E-state index in [1.807, 2.05) is 0 Å². The minimum atomic E-state index is -0.554. The third-order valence-corrected chi connectivity index (χ3v) is 3.02. The van der Waals surface area contributed by atoms with Crippen LogP contribution in [0.4, 0.5) is 5.69 Å². The molecule has 0 atom stereocenters. The number of amidine groups is 1. The molecule has 0 aliphatic heterocycles. The Balaban J connectivity index is 2.42. The minimum Gasteiger partial charge on any atom is -0.437 e. The predicted molar refractivity (Wildman–Crippen MR) is 78.2 cm³/mol. The first-order chi connectivity index (χ1) is 9.90. The summed E-state index contributed by atoms with van der Waals surface area (Å²) in [7, 11) is 0. The van der Waals surface area contributed by atoms with Gasteiger partial charge in [0.25, 0.3) is 5.69 Å². The van der Waals surface area contributed by atoms with Crippen LogP contribution >= 0.6 is 11.6 Å². The van der Waals surface area contributed by atoms with Crippen molar-refractivity contribution >= 4 is 23.1 Å². The lowest BCUT2D eigenvalue weighted by Crippen LogP contribution is -2.14. The van der Waals surface area contributed by atoms with Crippen LogP contribution in [0.5, 0.6) is 11.6 Å². The van der Waals surface area contributed by atoms with Gasteiger partial charge < -0.3 is 10.5 Å². The number of pyridine rings is 1. The molecule has 0 saturated heterocycles. The van der Waals surface area contributed by atoms with Gasteiger partial charge in [-0.05, 0) is 24.6 Å². The molecular weight excluding hydrogens is 296 g/mol. The van der Waals surface area contributed by atoms with Gasteiger partial charge in [0.1, 0.15) is 11.6 Å². The number of nitrogens with one attached hydrogen (secondary N) is 1. The first-order valence-corrected chi connectivity index (χ1v) is 6.19. The molecule has 1 aromatic carbocycles. The maximum Gasteiger partial charge on any atom is 0.271 e. The van der Waals surface area contributed by atoms with Crippen LogP contribution in [0.25, 0.3) is 0 Å². The van der Waals surface area contributed by atoms with Gasteiger partial charge >= 0.3 is 0 Å². The van der Waals surface area contributed by atoms with Crippen LogP contribution in [0.3, 0.4) is 0 Å². The van der Waals surface area contributed by atoms with Crippen LogP contribution in [0.1, 0.15) is 11.1 Å². The van der Waals surface area contributed by atoms with Crippen molar-refractivity contribution in [2.45, 2.75) is 6.92 Å². The summed E-state index contributed by atoms with van der Waals surface area (Å²) in [6.07, 6.45) is 1.51. The number of nitrogen functional groups attached to an aromatic ring is 1. The number of nitro groups is 1. The third kappa shape index (κ3) is 3.09. The summed E-state index contributed by atoms with van der Waals surface area (Å²) >= 11 is 5.95. The highest BCUT2D eigenvalue weighted by molar-refractivity contribution is 6.32. The van der Waals surface area contributed by atoms with Crippen LogP contribution in [-0.2, 0) is 0 Å². The molecule has 2 rings (SSSR count). The molecule has 21 heavy (non-hydrogen) atoms. The SMILES string of the molecule is Cc1ccnc(Oc2ccc([N+](=O)[O-])cc2Cl)c1C(=N)N. The number of benzene rings is 1. The Kier molecular flexibility index (Phi) is 4.04. The Morgan fingerprint density at radius 1 is 1.48 bits per heavy atom. The van der Waals surface area contributed by atoms with Crippen molar-refractivity contribution in [3.05, 3.63) is 56.7 Å². The highest BCUT2D eigenvalue weighted by atomic mass is 35.5. The zero-order valence-corrected chi connectivity index (χ0v) is 11.7. The lowest BCUT2D eigenvalue weighted by Gasteiger charge is -2.11. The van der Waals surface area contributed by atoms with Crippen molar-refractivity contribution in [3.63, 3.8) is 0 Å². The van der Waals surface area contributed by atoms with E-state index in [1.165, 1.54) is 24.4 Å². The molecule has 108 valence electrons. The van der Waals surface area contributed by atoms with Gasteiger partial charge in [-0.3, -0.25) is 15.5 Å². The van der Waals surface area contributed by atoms with E-state index in [9.17, 15) is 10.1 Å². The number of nitro benzene ring substituents is 1. The number of rotatable bonds is 4. The summed E-state index contributed by atoms with van der Waals surface area (Å²) in [6, 6.07) is 5.51. The fourth-order valence-corrected chi connectivity index (χ4v) is 1.94. The highest BCUT2D eigenvalue weighted by Crippen LogP contribution is 2.33. The summed E-state index contributed by atoms with van der Waals surface area (Å²) < 4.78 is 5.53. The van der Waals surface area contributed by atoms with E-state index in [1.54, 1.807) is 13.0 Å². The van der Waals surface area contributed by atoms with E-state index in [2.05, 4.69) is 4.98 Å². The molecule has 8 heteroatoms. The van der Waals surface area contributed by atoms with Crippen molar-refractivity contribution < 1.29 is 9.66 Å². The van der Waals surface area contributed by atoms with E-state index < -0.39 is 4.92 Å². The summed E-state index contributed by atoms with van der Waals surface area (Å²) in [5.74, 6) is 0.134. The molecule has 7 nitrogen and oxygen atoms in total. The lowest BCUT2D eigenvalue weighted by atomic mass is 10.1. The maximum absolute atomic E-state index is 10.7. The molecule has 0 fully saturated rings. The molecule has 0 bridgehead atoms. The number of halogens is 1. The maximum atomic E-state index is 10.7. The summed E-state index contributed by atoms with van der Waals surface area (Å²) in [6.45, 7) is 1.77. The number of aromatic nitrogens is 1. The zero-order chi connectivity index (χ0) is 15.6. The summed E-state index contributed by atoms with van der Waals surface area (Å²) in [5.41, 5.74) is 6.45. The monoisotopic (exact) mass is 306 g/mol. The van der Waals surface area contributed by atoms with Crippen LogP contribution in [0.15, 0.2) is 30.5 Å². The fraction of sp³-hybridized carbons (Fsp3) is 0.0769. The number of aryl methyl sites for hydroxylation is 1. The normalized spacial score (nSPS) is 10.2. The molecular formula is C13H11ClN4O3. The molecule has 0 amide bonds. The molecule has 0 aliphatic carbocycles. The van der Waals surface area contributed by atoms with E-state index in [4.69, 9.17) is 27.5 Å². The predicted octanol–water partition coefficient (Wildman–Crippen LogP) is 3.03. The van der Waals surface area contributed by atoms with Gasteiger partial charge in [0.05, 0.1) is 15.5 Å². The number of non-ortho nitro benzene ring substituents is 1. The molecule has 0 saturated carbocycles. The van der Waals surface area contributed by atoms with Gasteiger partial charge in [0, 0.05) is 18.3 Å². The lowest BCUT2D eigenvalue weighted by molar-refractivity contribution is -0.384. The van der Waals surface area contributed by atoms with E-state index >= 15 is 0 Å². The topological polar surface area (TPSA) is 115 Å². The van der Waals surface area contributed by atoms with Crippen molar-refractivity contribution in [1.82, 2.24) is 4.98 Å². The largest absolute Gasteiger partial charge is 0.437 e. The fourth-order valence-electron chi connectivity index (χ4n) is 1.73. The number of nitrogens with two attached hydrogens (primary N) is 1. The van der Waals surface area contributed by atoms with Crippen LogP contribution in [0.2, 0.25) is 5.02 Å². The van der Waals surface area contributed by atoms with Crippen molar-refractivity contribution in [2.75, 3.05) is 0 Å². The average molecular weight is 307 g/mol. The summed E-state index contributed by atoms with van der Waals surface area (Å²) in [4.78, 5) is 14.1. The van der Waals surface area contributed by atoms with Crippen LogP contribution < -0.4 is 10.5 Å². The Hall–Kier alpha value is -2.67. The second-order valence-corrected chi connectivity index (χ2v) is 4.60. The zero-order valence-electron chi connectivity index (χ0n) is 11.0. The van der Waals surface area contributed by atoms with Gasteiger partial charge in [0.15, 0.2) is 0 Å². The van der Waals surface area contributed by atoms with Crippen LogP contribution in [-0.4, -0.2) is 15.7 Å². The second-order valence-electron chi connectivity index (χ2n) is 4.20. The average Bonchev–Trinajstić information content (AvgIpc) is 2.40. The highest BCUT2D eigenvalue weighted by Gasteiger charge is 2.15. The summed E-state index contributed by atoms with van der Waals surface area (Å²) in [5, 5.41) is 18.3.